The summed E-state index contributed by atoms with van der Waals surface area (Å²) in [7, 11) is 0. The summed E-state index contributed by atoms with van der Waals surface area (Å²) in [5.74, 6) is 0.579. The third-order valence-electron chi connectivity index (χ3n) is 6.17. The van der Waals surface area contributed by atoms with Crippen molar-refractivity contribution in [2.75, 3.05) is 18.0 Å². The van der Waals surface area contributed by atoms with Crippen LogP contribution in [0.4, 0.5) is 10.3 Å². The highest BCUT2D eigenvalue weighted by Crippen LogP contribution is 2.30. The number of aromatic nitrogens is 2. The van der Waals surface area contributed by atoms with Gasteiger partial charge in [0.2, 0.25) is 11.9 Å². The lowest BCUT2D eigenvalue weighted by atomic mass is 9.88. The van der Waals surface area contributed by atoms with Crippen LogP contribution in [0.5, 0.6) is 0 Å². The largest absolute Gasteiger partial charge is 0.350 e. The standard InChI is InChI=1S/C26H26FN5O/c1-17(31-18(2)33)19-3-5-20(6-4-19)21-9-11-32(12-10-21)26-29-15-24(16-30-26)22-7-8-23(14-28)25(27)13-22/h3-8,13,15-17,21H,9-12H2,1-2H3,(H,31,33)/t17-/m0/s1. The molecule has 0 saturated carbocycles. The molecule has 1 saturated heterocycles. The van der Waals surface area contributed by atoms with Crippen LogP contribution in [-0.4, -0.2) is 29.0 Å². The molecule has 1 aromatic heterocycles. The van der Waals surface area contributed by atoms with E-state index < -0.39 is 5.82 Å². The van der Waals surface area contributed by atoms with Crippen LogP contribution in [0.1, 0.15) is 55.3 Å². The second-order valence-corrected chi connectivity index (χ2v) is 8.43. The predicted octanol–water partition coefficient (Wildman–Crippen LogP) is 4.74. The Morgan fingerprint density at radius 1 is 1.12 bits per heavy atom. The number of anilines is 1. The topological polar surface area (TPSA) is 81.9 Å². The highest BCUT2D eigenvalue weighted by atomic mass is 19.1. The van der Waals surface area contributed by atoms with Crippen LogP contribution in [0.25, 0.3) is 11.1 Å². The molecule has 33 heavy (non-hydrogen) atoms. The summed E-state index contributed by atoms with van der Waals surface area (Å²) in [4.78, 5) is 22.4. The molecular weight excluding hydrogens is 417 g/mol. The Hall–Kier alpha value is -3.79. The second kappa shape index (κ2) is 9.78. The molecule has 1 atom stereocenters. The lowest BCUT2D eigenvalue weighted by Gasteiger charge is -2.32. The summed E-state index contributed by atoms with van der Waals surface area (Å²) in [5, 5.41) is 11.8. The van der Waals surface area contributed by atoms with Gasteiger partial charge in [-0.05, 0) is 54.5 Å². The Balaban J connectivity index is 1.36. The second-order valence-electron chi connectivity index (χ2n) is 8.43. The summed E-state index contributed by atoms with van der Waals surface area (Å²) >= 11 is 0. The fourth-order valence-corrected chi connectivity index (χ4v) is 4.28. The molecule has 0 aliphatic carbocycles. The van der Waals surface area contributed by atoms with Gasteiger partial charge in [0.05, 0.1) is 11.6 Å². The van der Waals surface area contributed by atoms with Crippen molar-refractivity contribution >= 4 is 11.9 Å². The molecule has 1 aliphatic heterocycles. The Morgan fingerprint density at radius 3 is 2.36 bits per heavy atom. The number of rotatable bonds is 5. The number of hydrogen-bond donors (Lipinski definition) is 1. The number of nitrogens with zero attached hydrogens (tertiary/aromatic N) is 4. The minimum absolute atomic E-state index is 0.000655. The van der Waals surface area contributed by atoms with Gasteiger partial charge in [0, 0.05) is 38.0 Å². The molecule has 7 heteroatoms. The van der Waals surface area contributed by atoms with Gasteiger partial charge >= 0.3 is 0 Å². The molecule has 6 nitrogen and oxygen atoms in total. The van der Waals surface area contributed by atoms with Crippen LogP contribution in [0.2, 0.25) is 0 Å². The number of benzene rings is 2. The lowest BCUT2D eigenvalue weighted by Crippen LogP contribution is -2.34. The van der Waals surface area contributed by atoms with E-state index in [9.17, 15) is 9.18 Å². The Kier molecular flexibility index (Phi) is 6.64. The third-order valence-corrected chi connectivity index (χ3v) is 6.17. The van der Waals surface area contributed by atoms with E-state index in [0.717, 1.165) is 31.5 Å². The van der Waals surface area contributed by atoms with Gasteiger partial charge in [0.1, 0.15) is 11.9 Å². The van der Waals surface area contributed by atoms with E-state index in [0.29, 0.717) is 23.0 Å². The molecule has 1 fully saturated rings. The maximum Gasteiger partial charge on any atom is 0.225 e. The number of nitriles is 1. The number of nitrogens with one attached hydrogen (secondary N) is 1. The van der Waals surface area contributed by atoms with E-state index in [1.54, 1.807) is 18.5 Å². The number of carbonyl (C=O) groups excluding carboxylic acids is 1. The summed E-state index contributed by atoms with van der Waals surface area (Å²) < 4.78 is 13.9. The number of piperidine rings is 1. The van der Waals surface area contributed by atoms with E-state index in [1.807, 2.05) is 13.0 Å². The average molecular weight is 444 g/mol. The number of halogens is 1. The number of amides is 1. The van der Waals surface area contributed by atoms with Crippen molar-refractivity contribution in [2.24, 2.45) is 0 Å². The molecule has 1 amide bonds. The molecule has 2 aromatic carbocycles. The average Bonchev–Trinajstić information content (AvgIpc) is 2.84. The monoisotopic (exact) mass is 443 g/mol. The van der Waals surface area contributed by atoms with Gasteiger partial charge in [0.15, 0.2) is 0 Å². The zero-order chi connectivity index (χ0) is 23.4. The molecule has 1 N–H and O–H groups in total. The minimum Gasteiger partial charge on any atom is -0.350 e. The third kappa shape index (κ3) is 5.17. The van der Waals surface area contributed by atoms with Crippen LogP contribution in [-0.2, 0) is 4.79 Å². The quantitative estimate of drug-likeness (QED) is 0.616. The molecule has 0 radical (unpaired) electrons. The smallest absolute Gasteiger partial charge is 0.225 e. The van der Waals surface area contributed by atoms with Gasteiger partial charge < -0.3 is 10.2 Å². The van der Waals surface area contributed by atoms with Crippen LogP contribution in [0.15, 0.2) is 54.9 Å². The van der Waals surface area contributed by atoms with E-state index in [2.05, 4.69) is 44.5 Å². The predicted molar refractivity (Wildman–Crippen MR) is 125 cm³/mol. The Labute approximate surface area is 193 Å². The summed E-state index contributed by atoms with van der Waals surface area (Å²) in [6.45, 7) is 5.24. The van der Waals surface area contributed by atoms with Crippen molar-refractivity contribution in [3.8, 4) is 17.2 Å². The van der Waals surface area contributed by atoms with E-state index in [1.165, 1.54) is 24.6 Å². The van der Waals surface area contributed by atoms with E-state index in [-0.39, 0.29) is 17.5 Å². The van der Waals surface area contributed by atoms with Gasteiger partial charge in [-0.3, -0.25) is 4.79 Å². The molecule has 1 aliphatic rings. The number of carbonyl (C=O) groups is 1. The zero-order valence-electron chi connectivity index (χ0n) is 18.8. The van der Waals surface area contributed by atoms with Gasteiger partial charge in [-0.25, -0.2) is 14.4 Å². The Morgan fingerprint density at radius 2 is 1.79 bits per heavy atom. The van der Waals surface area contributed by atoms with Crippen LogP contribution in [0.3, 0.4) is 0 Å². The molecule has 0 unspecified atom stereocenters. The first-order valence-electron chi connectivity index (χ1n) is 11.1. The summed E-state index contributed by atoms with van der Waals surface area (Å²) in [6.07, 6.45) is 5.41. The fraction of sp³-hybridized carbons (Fsp3) is 0.308. The van der Waals surface area contributed by atoms with Gasteiger partial charge in [-0.1, -0.05) is 30.3 Å². The summed E-state index contributed by atoms with van der Waals surface area (Å²) in [5.41, 5.74) is 3.80. The normalized spacial score (nSPS) is 15.0. The van der Waals surface area contributed by atoms with Crippen molar-refractivity contribution in [3.05, 3.63) is 77.4 Å². The molecule has 0 spiro atoms. The molecular formula is C26H26FN5O. The SMILES string of the molecule is CC(=O)N[C@@H](C)c1ccc(C2CCN(c3ncc(-c4ccc(C#N)c(F)c4)cn3)CC2)cc1. The van der Waals surface area contributed by atoms with Crippen molar-refractivity contribution in [1.82, 2.24) is 15.3 Å². The van der Waals surface area contributed by atoms with Gasteiger partial charge in [-0.15, -0.1) is 0 Å². The maximum atomic E-state index is 13.9. The first kappa shape index (κ1) is 22.4. The van der Waals surface area contributed by atoms with Crippen molar-refractivity contribution in [3.63, 3.8) is 0 Å². The van der Waals surface area contributed by atoms with E-state index in [4.69, 9.17) is 5.26 Å². The first-order chi connectivity index (χ1) is 15.9. The van der Waals surface area contributed by atoms with Gasteiger partial charge in [0.25, 0.3) is 0 Å². The highest BCUT2D eigenvalue weighted by Gasteiger charge is 2.22. The molecule has 3 aromatic rings. The summed E-state index contributed by atoms with van der Waals surface area (Å²) in [6, 6.07) is 14.8. The maximum absolute atomic E-state index is 13.9. The Bertz CT molecular complexity index is 1160. The minimum atomic E-state index is -0.543. The number of hydrogen-bond acceptors (Lipinski definition) is 5. The van der Waals surface area contributed by atoms with Crippen molar-refractivity contribution in [2.45, 2.75) is 38.6 Å². The highest BCUT2D eigenvalue weighted by molar-refractivity contribution is 5.73. The van der Waals surface area contributed by atoms with Crippen LogP contribution in [0, 0.1) is 17.1 Å². The van der Waals surface area contributed by atoms with Crippen molar-refractivity contribution < 1.29 is 9.18 Å². The van der Waals surface area contributed by atoms with Crippen LogP contribution < -0.4 is 10.2 Å². The molecule has 2 heterocycles. The molecule has 0 bridgehead atoms. The van der Waals surface area contributed by atoms with E-state index >= 15 is 0 Å². The van der Waals surface area contributed by atoms with Crippen LogP contribution >= 0.6 is 0 Å². The van der Waals surface area contributed by atoms with Crippen molar-refractivity contribution in [1.29, 1.82) is 5.26 Å². The molecule has 4 rings (SSSR count). The lowest BCUT2D eigenvalue weighted by molar-refractivity contribution is -0.119. The fourth-order valence-electron chi connectivity index (χ4n) is 4.28. The first-order valence-corrected chi connectivity index (χ1v) is 11.1. The zero-order valence-corrected chi connectivity index (χ0v) is 18.8. The molecule has 168 valence electrons. The van der Waals surface area contributed by atoms with Gasteiger partial charge in [-0.2, -0.15) is 5.26 Å².